The minimum absolute atomic E-state index is 0.103. The molecule has 0 aliphatic heterocycles. The molecule has 0 heterocycles. The third-order valence-corrected chi connectivity index (χ3v) is 7.21. The summed E-state index contributed by atoms with van der Waals surface area (Å²) in [5, 5.41) is 35.5. The average molecular weight is 318 g/mol. The highest BCUT2D eigenvalue weighted by molar-refractivity contribution is 6.51. The fourth-order valence-electron chi connectivity index (χ4n) is 6.13. The molecule has 0 radical (unpaired) electrons. The van der Waals surface area contributed by atoms with Gasteiger partial charge in [0.1, 0.15) is 11.4 Å². The lowest BCUT2D eigenvalue weighted by Crippen LogP contribution is -2.46. The Morgan fingerprint density at radius 3 is 2.61 bits per heavy atom. The Hall–Kier alpha value is -1.36. The lowest BCUT2D eigenvalue weighted by atomic mass is 9.52. The van der Waals surface area contributed by atoms with Crippen LogP contribution in [0.5, 0.6) is 0 Å². The second kappa shape index (κ2) is 5.33. The number of allylic oxidation sites excluding steroid dienone is 2. The summed E-state index contributed by atoms with van der Waals surface area (Å²) in [6.45, 7) is 2.12. The summed E-state index contributed by atoms with van der Waals surface area (Å²) in [4.78, 5) is 0. The molecule has 3 fully saturated rings. The van der Waals surface area contributed by atoms with Crippen molar-refractivity contribution in [1.82, 2.24) is 0 Å². The molecular weight excluding hydrogens is 292 g/mol. The first-order valence-electron chi connectivity index (χ1n) is 8.93. The minimum atomic E-state index is -0.279. The van der Waals surface area contributed by atoms with Gasteiger partial charge in [0.05, 0.1) is 6.10 Å². The molecule has 0 aromatic heterocycles. The molecule has 5 nitrogen and oxygen atoms in total. The van der Waals surface area contributed by atoms with Crippen molar-refractivity contribution in [2.75, 3.05) is 0 Å². The molecule has 3 N–H and O–H groups in total. The van der Waals surface area contributed by atoms with E-state index in [-0.39, 0.29) is 11.5 Å². The molecular formula is C18H26N2O3. The van der Waals surface area contributed by atoms with Gasteiger partial charge in [-0.3, -0.25) is 0 Å². The van der Waals surface area contributed by atoms with Gasteiger partial charge in [0.15, 0.2) is 0 Å². The molecule has 0 spiro atoms. The van der Waals surface area contributed by atoms with Crippen molar-refractivity contribution in [1.29, 1.82) is 0 Å². The second-order valence-electron chi connectivity index (χ2n) is 8.14. The lowest BCUT2D eigenvalue weighted by Gasteiger charge is -2.52. The molecule has 126 valence electrons. The maximum absolute atomic E-state index is 9.97. The average Bonchev–Trinajstić information content (AvgIpc) is 2.85. The van der Waals surface area contributed by atoms with Gasteiger partial charge in [-0.1, -0.05) is 15.9 Å². The van der Waals surface area contributed by atoms with Crippen LogP contribution in [0, 0.1) is 29.1 Å². The van der Waals surface area contributed by atoms with E-state index in [2.05, 4.69) is 17.2 Å². The van der Waals surface area contributed by atoms with E-state index in [0.29, 0.717) is 35.1 Å². The number of oxime groups is 2. The number of fused-ring (bicyclic) bond motifs is 5. The van der Waals surface area contributed by atoms with Crippen LogP contribution in [0.1, 0.15) is 51.9 Å². The van der Waals surface area contributed by atoms with Gasteiger partial charge < -0.3 is 15.5 Å². The van der Waals surface area contributed by atoms with Crippen LogP contribution in [-0.4, -0.2) is 33.0 Å². The van der Waals surface area contributed by atoms with Gasteiger partial charge in [0.2, 0.25) is 0 Å². The summed E-state index contributed by atoms with van der Waals surface area (Å²) >= 11 is 0. The molecule has 4 aliphatic rings. The molecule has 2 unspecified atom stereocenters. The van der Waals surface area contributed by atoms with Crippen molar-refractivity contribution < 1.29 is 15.5 Å². The first-order chi connectivity index (χ1) is 11.1. The number of aliphatic hydroxyl groups is 1. The summed E-state index contributed by atoms with van der Waals surface area (Å²) in [6, 6.07) is 0. The van der Waals surface area contributed by atoms with E-state index in [1.54, 1.807) is 0 Å². The number of rotatable bonds is 0. The molecule has 0 saturated heterocycles. The van der Waals surface area contributed by atoms with Crippen LogP contribution in [0.4, 0.5) is 0 Å². The molecule has 0 bridgehead atoms. The van der Waals surface area contributed by atoms with Gasteiger partial charge in [0.25, 0.3) is 0 Å². The minimum Gasteiger partial charge on any atom is -0.411 e. The largest absolute Gasteiger partial charge is 0.411 e. The lowest BCUT2D eigenvalue weighted by molar-refractivity contribution is -0.0109. The zero-order valence-electron chi connectivity index (χ0n) is 13.6. The number of nitrogens with zero attached hydrogens (tertiary/aromatic N) is 2. The fraction of sp³-hybridized carbons (Fsp3) is 0.778. The Balaban J connectivity index is 1.67. The van der Waals surface area contributed by atoms with Gasteiger partial charge >= 0.3 is 0 Å². The van der Waals surface area contributed by atoms with E-state index >= 15 is 0 Å². The Morgan fingerprint density at radius 1 is 1.04 bits per heavy atom. The smallest absolute Gasteiger partial charge is 0.128 e. The van der Waals surface area contributed by atoms with E-state index in [1.807, 2.05) is 6.08 Å². The van der Waals surface area contributed by atoms with Crippen LogP contribution < -0.4 is 0 Å². The van der Waals surface area contributed by atoms with E-state index in [9.17, 15) is 15.5 Å². The summed E-state index contributed by atoms with van der Waals surface area (Å²) < 4.78 is 0. The standard InChI is InChI=1S/C18H26N2O3/c1-18-7-6-13-12-5-3-11(21)8-10(12)2-4-14(13)15(18)9-16(19-22)17(18)20-23/h9-14,21-23H,2-8H2,1H3/t10?,11?,12-,13+,14+,18-/m0/s1. The van der Waals surface area contributed by atoms with Crippen LogP contribution in [0.15, 0.2) is 22.0 Å². The number of hydrogen-bond acceptors (Lipinski definition) is 5. The second-order valence-corrected chi connectivity index (χ2v) is 8.14. The van der Waals surface area contributed by atoms with E-state index in [0.717, 1.165) is 38.5 Å². The normalized spacial score (nSPS) is 49.5. The highest BCUT2D eigenvalue weighted by atomic mass is 16.4. The molecule has 0 aromatic rings. The summed E-state index contributed by atoms with van der Waals surface area (Å²) in [5.41, 5.74) is 1.97. The quantitative estimate of drug-likeness (QED) is 0.473. The van der Waals surface area contributed by atoms with Crippen LogP contribution in [0.25, 0.3) is 0 Å². The third kappa shape index (κ3) is 2.09. The first-order valence-corrected chi connectivity index (χ1v) is 8.93. The topological polar surface area (TPSA) is 85.4 Å². The molecule has 4 rings (SSSR count). The van der Waals surface area contributed by atoms with Gasteiger partial charge in [-0.15, -0.1) is 0 Å². The van der Waals surface area contributed by atoms with Crippen LogP contribution in [-0.2, 0) is 0 Å². The van der Waals surface area contributed by atoms with Crippen molar-refractivity contribution in [3.05, 3.63) is 11.6 Å². The Morgan fingerprint density at radius 2 is 1.87 bits per heavy atom. The molecule has 0 amide bonds. The highest BCUT2D eigenvalue weighted by Gasteiger charge is 2.54. The molecule has 5 heteroatoms. The van der Waals surface area contributed by atoms with Crippen molar-refractivity contribution in [2.24, 2.45) is 39.4 Å². The van der Waals surface area contributed by atoms with Crippen LogP contribution >= 0.6 is 0 Å². The Bertz CT molecular complexity index is 597. The van der Waals surface area contributed by atoms with E-state index in [1.165, 1.54) is 12.0 Å². The fourth-order valence-corrected chi connectivity index (χ4v) is 6.13. The van der Waals surface area contributed by atoms with Gasteiger partial charge in [-0.2, -0.15) is 0 Å². The van der Waals surface area contributed by atoms with Crippen LogP contribution in [0.3, 0.4) is 0 Å². The summed E-state index contributed by atoms with van der Waals surface area (Å²) in [6.07, 6.45) is 9.30. The maximum Gasteiger partial charge on any atom is 0.128 e. The highest BCUT2D eigenvalue weighted by Crippen LogP contribution is 2.59. The predicted octanol–water partition coefficient (Wildman–Crippen LogP) is 3.19. The zero-order valence-corrected chi connectivity index (χ0v) is 13.6. The molecule has 0 aromatic carbocycles. The van der Waals surface area contributed by atoms with Crippen molar-refractivity contribution in [3.8, 4) is 0 Å². The molecule has 4 aliphatic carbocycles. The Kier molecular flexibility index (Phi) is 3.52. The van der Waals surface area contributed by atoms with Crippen molar-refractivity contribution >= 4 is 11.4 Å². The van der Waals surface area contributed by atoms with Crippen LogP contribution in [0.2, 0.25) is 0 Å². The van der Waals surface area contributed by atoms with E-state index < -0.39 is 0 Å². The monoisotopic (exact) mass is 318 g/mol. The SMILES string of the molecule is C[C@]12CC[C@H]3[C@@H](CCC4CC(O)CC[C@@H]43)C1=CC(=NO)C2=NO. The third-order valence-electron chi connectivity index (χ3n) is 7.21. The van der Waals surface area contributed by atoms with Gasteiger partial charge in [-0.25, -0.2) is 0 Å². The Labute approximate surface area is 136 Å². The number of hydrogen-bond donors (Lipinski definition) is 3. The summed E-state index contributed by atoms with van der Waals surface area (Å²) in [5.74, 6) is 2.55. The van der Waals surface area contributed by atoms with Gasteiger partial charge in [-0.05, 0) is 81.6 Å². The molecule has 23 heavy (non-hydrogen) atoms. The van der Waals surface area contributed by atoms with Gasteiger partial charge in [0, 0.05) is 5.41 Å². The maximum atomic E-state index is 9.97. The number of aliphatic hydroxyl groups excluding tert-OH is 1. The first kappa shape index (κ1) is 15.2. The predicted molar refractivity (Wildman–Crippen MR) is 86.9 cm³/mol. The molecule has 6 atom stereocenters. The molecule has 3 saturated carbocycles. The zero-order chi connectivity index (χ0) is 16.2. The summed E-state index contributed by atoms with van der Waals surface area (Å²) in [7, 11) is 0. The van der Waals surface area contributed by atoms with E-state index in [4.69, 9.17) is 0 Å². The van der Waals surface area contributed by atoms with Crippen molar-refractivity contribution in [2.45, 2.75) is 58.0 Å². The van der Waals surface area contributed by atoms with Crippen molar-refractivity contribution in [3.63, 3.8) is 0 Å².